The first-order chi connectivity index (χ1) is 8.60. The van der Waals surface area contributed by atoms with Crippen LogP contribution in [-0.4, -0.2) is 41.1 Å². The Hall–Kier alpha value is -0.980. The average Bonchev–Trinajstić information content (AvgIpc) is 2.85. The number of carbonyl (C=O) groups is 1. The van der Waals surface area contributed by atoms with Gasteiger partial charge < -0.3 is 19.9 Å². The van der Waals surface area contributed by atoms with Crippen LogP contribution in [0.1, 0.15) is 29.7 Å². The van der Waals surface area contributed by atoms with Crippen molar-refractivity contribution in [1.29, 1.82) is 0 Å². The van der Waals surface area contributed by atoms with E-state index < -0.39 is 11.4 Å². The second-order valence-corrected chi connectivity index (χ2v) is 4.97. The Morgan fingerprint density at radius 1 is 1.44 bits per heavy atom. The molecule has 1 heterocycles. The summed E-state index contributed by atoms with van der Waals surface area (Å²) in [5.74, 6) is 1.19. The number of rotatable bonds is 7. The van der Waals surface area contributed by atoms with Crippen LogP contribution < -0.4 is 5.32 Å². The van der Waals surface area contributed by atoms with Crippen LogP contribution in [0.15, 0.2) is 16.5 Å². The van der Waals surface area contributed by atoms with Gasteiger partial charge in [0.1, 0.15) is 5.76 Å². The Labute approximate surface area is 111 Å². The summed E-state index contributed by atoms with van der Waals surface area (Å²) in [6.07, 6.45) is 2.38. The second-order valence-electron chi connectivity index (χ2n) is 4.10. The van der Waals surface area contributed by atoms with E-state index in [1.54, 1.807) is 30.8 Å². The summed E-state index contributed by atoms with van der Waals surface area (Å²) in [6.45, 7) is 1.16. The zero-order chi connectivity index (χ0) is 13.6. The van der Waals surface area contributed by atoms with Crippen LogP contribution in [0.4, 0.5) is 0 Å². The van der Waals surface area contributed by atoms with Gasteiger partial charge in [0.2, 0.25) is 0 Å². The van der Waals surface area contributed by atoms with Gasteiger partial charge in [-0.1, -0.05) is 6.92 Å². The Kier molecular flexibility index (Phi) is 5.71. The van der Waals surface area contributed by atoms with Crippen LogP contribution in [0.3, 0.4) is 0 Å². The average molecular weight is 273 g/mol. The van der Waals surface area contributed by atoms with Gasteiger partial charge in [0.05, 0.1) is 24.5 Å². The molecule has 0 unspecified atom stereocenters. The molecule has 1 amide bonds. The van der Waals surface area contributed by atoms with Crippen LogP contribution in [0, 0.1) is 0 Å². The normalized spacial score (nSPS) is 11.6. The highest BCUT2D eigenvalue weighted by Gasteiger charge is 2.29. The molecule has 0 radical (unpaired) electrons. The van der Waals surface area contributed by atoms with Gasteiger partial charge in [-0.05, 0) is 24.8 Å². The number of furan rings is 1. The van der Waals surface area contributed by atoms with Gasteiger partial charge in [0.25, 0.3) is 5.91 Å². The molecular weight excluding hydrogens is 254 g/mol. The molecule has 1 aromatic heterocycles. The highest BCUT2D eigenvalue weighted by Crippen LogP contribution is 2.15. The van der Waals surface area contributed by atoms with Crippen molar-refractivity contribution < 1.29 is 19.4 Å². The largest absolute Gasteiger partial charge is 0.455 e. The second kappa shape index (κ2) is 6.82. The zero-order valence-corrected chi connectivity index (χ0v) is 11.4. The van der Waals surface area contributed by atoms with Crippen LogP contribution >= 0.6 is 11.8 Å². The number of aliphatic hydroxyl groups is 2. The molecule has 5 nitrogen and oxygen atoms in total. The number of hydrogen-bond donors (Lipinski definition) is 3. The Bertz CT molecular complexity index is 379. The molecule has 0 saturated carbocycles. The number of hydrogen-bond acceptors (Lipinski definition) is 5. The van der Waals surface area contributed by atoms with Gasteiger partial charge in [-0.15, -0.1) is 0 Å². The maximum Gasteiger partial charge on any atom is 0.287 e. The molecule has 0 bridgehead atoms. The van der Waals surface area contributed by atoms with E-state index in [0.29, 0.717) is 12.2 Å². The van der Waals surface area contributed by atoms with E-state index in [4.69, 9.17) is 4.42 Å². The molecule has 6 heteroatoms. The van der Waals surface area contributed by atoms with Gasteiger partial charge in [0.15, 0.2) is 5.76 Å². The summed E-state index contributed by atoms with van der Waals surface area (Å²) < 4.78 is 5.37. The minimum Gasteiger partial charge on any atom is -0.455 e. The SMILES string of the molecule is CCC(CO)(CO)NC(=O)c1ccc(CSC)o1. The maximum atomic E-state index is 11.9. The molecule has 0 aliphatic rings. The molecule has 0 fully saturated rings. The van der Waals surface area contributed by atoms with Gasteiger partial charge in [-0.3, -0.25) is 4.79 Å². The third-order valence-corrected chi connectivity index (χ3v) is 3.41. The quantitative estimate of drug-likeness (QED) is 0.690. The molecule has 1 rings (SSSR count). The van der Waals surface area contributed by atoms with Gasteiger partial charge in [0, 0.05) is 0 Å². The predicted octanol–water partition coefficient (Wildman–Crippen LogP) is 1.01. The fourth-order valence-electron chi connectivity index (χ4n) is 1.46. The van der Waals surface area contributed by atoms with E-state index >= 15 is 0 Å². The molecule has 1 aromatic rings. The van der Waals surface area contributed by atoms with E-state index in [1.807, 2.05) is 6.26 Å². The highest BCUT2D eigenvalue weighted by atomic mass is 32.2. The minimum atomic E-state index is -0.996. The third kappa shape index (κ3) is 3.51. The lowest BCUT2D eigenvalue weighted by atomic mass is 9.98. The van der Waals surface area contributed by atoms with E-state index in [-0.39, 0.29) is 19.0 Å². The van der Waals surface area contributed by atoms with E-state index in [0.717, 1.165) is 5.76 Å². The lowest BCUT2D eigenvalue weighted by Crippen LogP contribution is -2.53. The van der Waals surface area contributed by atoms with Crippen molar-refractivity contribution in [3.8, 4) is 0 Å². The molecule has 102 valence electrons. The van der Waals surface area contributed by atoms with Crippen LogP contribution in [0.25, 0.3) is 0 Å². The van der Waals surface area contributed by atoms with Crippen LogP contribution in [0.2, 0.25) is 0 Å². The first kappa shape index (κ1) is 15.1. The van der Waals surface area contributed by atoms with Crippen molar-refractivity contribution in [3.05, 3.63) is 23.7 Å². The summed E-state index contributed by atoms with van der Waals surface area (Å²) in [6, 6.07) is 3.34. The minimum absolute atomic E-state index is 0.193. The number of amides is 1. The third-order valence-electron chi connectivity index (χ3n) is 2.83. The number of carbonyl (C=O) groups excluding carboxylic acids is 1. The smallest absolute Gasteiger partial charge is 0.287 e. The topological polar surface area (TPSA) is 82.7 Å². The molecule has 0 atom stereocenters. The van der Waals surface area contributed by atoms with E-state index in [9.17, 15) is 15.0 Å². The molecule has 18 heavy (non-hydrogen) atoms. The Balaban J connectivity index is 2.74. The summed E-state index contributed by atoms with van der Waals surface area (Å²) in [5.41, 5.74) is -0.996. The number of aliphatic hydroxyl groups excluding tert-OH is 2. The predicted molar refractivity (Wildman–Crippen MR) is 70.6 cm³/mol. The lowest BCUT2D eigenvalue weighted by Gasteiger charge is -2.29. The Morgan fingerprint density at radius 2 is 2.11 bits per heavy atom. The van der Waals surface area contributed by atoms with Gasteiger partial charge in [-0.25, -0.2) is 0 Å². The monoisotopic (exact) mass is 273 g/mol. The molecule has 0 spiro atoms. The molecule has 0 aromatic carbocycles. The lowest BCUT2D eigenvalue weighted by molar-refractivity contribution is 0.0631. The molecule has 0 aliphatic carbocycles. The van der Waals surface area contributed by atoms with Crippen molar-refractivity contribution in [2.45, 2.75) is 24.6 Å². The summed E-state index contributed by atoms with van der Waals surface area (Å²) in [7, 11) is 0. The summed E-state index contributed by atoms with van der Waals surface area (Å²) in [5, 5.41) is 21.1. The number of nitrogens with one attached hydrogen (secondary N) is 1. The van der Waals surface area contributed by atoms with Gasteiger partial charge in [-0.2, -0.15) is 11.8 Å². The molecule has 3 N–H and O–H groups in total. The van der Waals surface area contributed by atoms with Crippen LogP contribution in [0.5, 0.6) is 0 Å². The fraction of sp³-hybridized carbons (Fsp3) is 0.583. The Morgan fingerprint density at radius 3 is 2.61 bits per heavy atom. The van der Waals surface area contributed by atoms with E-state index in [2.05, 4.69) is 5.32 Å². The van der Waals surface area contributed by atoms with Crippen molar-refractivity contribution in [1.82, 2.24) is 5.32 Å². The molecule has 0 saturated heterocycles. The first-order valence-electron chi connectivity index (χ1n) is 5.72. The van der Waals surface area contributed by atoms with E-state index in [1.165, 1.54) is 0 Å². The maximum absolute atomic E-state index is 11.9. The molecular formula is C12H19NO4S. The van der Waals surface area contributed by atoms with Crippen molar-refractivity contribution in [2.24, 2.45) is 0 Å². The van der Waals surface area contributed by atoms with Crippen molar-refractivity contribution in [3.63, 3.8) is 0 Å². The van der Waals surface area contributed by atoms with Crippen LogP contribution in [-0.2, 0) is 5.75 Å². The van der Waals surface area contributed by atoms with Crippen molar-refractivity contribution >= 4 is 17.7 Å². The number of thioether (sulfide) groups is 1. The van der Waals surface area contributed by atoms with Crippen molar-refractivity contribution in [2.75, 3.05) is 19.5 Å². The fourth-order valence-corrected chi connectivity index (χ4v) is 1.90. The zero-order valence-electron chi connectivity index (χ0n) is 10.6. The summed E-state index contributed by atoms with van der Waals surface area (Å²) in [4.78, 5) is 11.9. The highest BCUT2D eigenvalue weighted by molar-refractivity contribution is 7.97. The molecule has 0 aliphatic heterocycles. The summed E-state index contributed by atoms with van der Waals surface area (Å²) >= 11 is 1.60. The first-order valence-corrected chi connectivity index (χ1v) is 7.12. The standard InChI is InChI=1S/C12H19NO4S/c1-3-12(7-14,8-15)13-11(16)10-5-4-9(17-10)6-18-2/h4-5,14-15H,3,6-8H2,1-2H3,(H,13,16). The van der Waals surface area contributed by atoms with Gasteiger partial charge >= 0.3 is 0 Å².